The number of carbonyl (C=O) groups excluding carboxylic acids is 1. The van der Waals surface area contributed by atoms with Gasteiger partial charge in [-0.05, 0) is 24.3 Å². The normalized spacial score (nSPS) is 10.2. The van der Waals surface area contributed by atoms with Crippen LogP contribution in [0.25, 0.3) is 0 Å². The third kappa shape index (κ3) is 2.12. The van der Waals surface area contributed by atoms with Gasteiger partial charge in [-0.25, -0.2) is 0 Å². The fourth-order valence-corrected chi connectivity index (χ4v) is 1.80. The first kappa shape index (κ1) is 13.3. The minimum atomic E-state index is -0.955. The summed E-state index contributed by atoms with van der Waals surface area (Å²) in [4.78, 5) is 22.2. The maximum absolute atomic E-state index is 12.2. The average Bonchev–Trinajstić information content (AvgIpc) is 2.37. The SMILES string of the molecule is O=C(c1cccc(O)c1[N+](=O)[O-])c1c(O)cccc1O. The number of nitro benzene ring substituents is 1. The number of hydrogen-bond acceptors (Lipinski definition) is 6. The van der Waals surface area contributed by atoms with E-state index in [1.165, 1.54) is 24.3 Å². The monoisotopic (exact) mass is 275 g/mol. The summed E-state index contributed by atoms with van der Waals surface area (Å²) in [6.07, 6.45) is 0. The molecular weight excluding hydrogens is 266 g/mol. The number of aromatic hydroxyl groups is 3. The van der Waals surface area contributed by atoms with Crippen LogP contribution in [0.2, 0.25) is 0 Å². The van der Waals surface area contributed by atoms with Crippen LogP contribution in [-0.4, -0.2) is 26.0 Å². The van der Waals surface area contributed by atoms with Gasteiger partial charge in [0.25, 0.3) is 0 Å². The van der Waals surface area contributed by atoms with Crippen molar-refractivity contribution in [2.24, 2.45) is 0 Å². The summed E-state index contributed by atoms with van der Waals surface area (Å²) >= 11 is 0. The van der Waals surface area contributed by atoms with E-state index in [9.17, 15) is 30.2 Å². The average molecular weight is 275 g/mol. The van der Waals surface area contributed by atoms with Crippen LogP contribution < -0.4 is 0 Å². The van der Waals surface area contributed by atoms with Gasteiger partial charge in [0.2, 0.25) is 5.78 Å². The predicted octanol–water partition coefficient (Wildman–Crippen LogP) is 1.94. The Bertz CT molecular complexity index is 690. The van der Waals surface area contributed by atoms with Crippen molar-refractivity contribution in [1.29, 1.82) is 0 Å². The lowest BCUT2D eigenvalue weighted by atomic mass is 9.99. The molecule has 0 bridgehead atoms. The molecule has 0 spiro atoms. The molecule has 0 heterocycles. The molecule has 0 aliphatic carbocycles. The molecule has 0 saturated carbocycles. The lowest BCUT2D eigenvalue weighted by Crippen LogP contribution is -2.06. The topological polar surface area (TPSA) is 121 Å². The molecule has 7 heteroatoms. The van der Waals surface area contributed by atoms with Crippen LogP contribution in [0, 0.1) is 10.1 Å². The van der Waals surface area contributed by atoms with Crippen LogP contribution in [0.5, 0.6) is 17.2 Å². The first-order valence-electron chi connectivity index (χ1n) is 5.45. The van der Waals surface area contributed by atoms with Crippen LogP contribution in [0.3, 0.4) is 0 Å². The van der Waals surface area contributed by atoms with Gasteiger partial charge in [-0.3, -0.25) is 14.9 Å². The molecule has 0 radical (unpaired) electrons. The molecule has 2 aromatic carbocycles. The highest BCUT2D eigenvalue weighted by atomic mass is 16.6. The van der Waals surface area contributed by atoms with Crippen molar-refractivity contribution in [3.05, 3.63) is 57.6 Å². The van der Waals surface area contributed by atoms with Gasteiger partial charge in [0.15, 0.2) is 5.75 Å². The zero-order valence-corrected chi connectivity index (χ0v) is 9.98. The van der Waals surface area contributed by atoms with E-state index in [-0.39, 0.29) is 0 Å². The summed E-state index contributed by atoms with van der Waals surface area (Å²) in [5.74, 6) is -2.64. The lowest BCUT2D eigenvalue weighted by molar-refractivity contribution is -0.386. The number of hydrogen-bond donors (Lipinski definition) is 3. The molecule has 0 atom stereocenters. The van der Waals surface area contributed by atoms with E-state index in [1.807, 2.05) is 0 Å². The quantitative estimate of drug-likeness (QED) is 0.447. The van der Waals surface area contributed by atoms with Crippen molar-refractivity contribution in [2.45, 2.75) is 0 Å². The number of nitrogens with zero attached hydrogens (tertiary/aromatic N) is 1. The molecule has 0 fully saturated rings. The largest absolute Gasteiger partial charge is 0.507 e. The molecule has 0 saturated heterocycles. The Hall–Kier alpha value is -3.09. The van der Waals surface area contributed by atoms with E-state index in [0.717, 1.165) is 12.1 Å². The van der Waals surface area contributed by atoms with Gasteiger partial charge in [-0.2, -0.15) is 0 Å². The Morgan fingerprint density at radius 1 is 0.950 bits per heavy atom. The summed E-state index contributed by atoms with van der Waals surface area (Å²) in [6, 6.07) is 7.11. The third-order valence-electron chi connectivity index (χ3n) is 2.69. The summed E-state index contributed by atoms with van der Waals surface area (Å²) in [6.45, 7) is 0. The van der Waals surface area contributed by atoms with Crippen LogP contribution in [-0.2, 0) is 0 Å². The molecule has 0 aromatic heterocycles. The Labute approximate surface area is 112 Å². The zero-order valence-electron chi connectivity index (χ0n) is 9.98. The highest BCUT2D eigenvalue weighted by Gasteiger charge is 2.28. The van der Waals surface area contributed by atoms with E-state index >= 15 is 0 Å². The Kier molecular flexibility index (Phi) is 3.26. The van der Waals surface area contributed by atoms with Crippen molar-refractivity contribution < 1.29 is 25.0 Å². The summed E-state index contributed by atoms with van der Waals surface area (Å²) in [7, 11) is 0. The van der Waals surface area contributed by atoms with Gasteiger partial charge in [-0.15, -0.1) is 0 Å². The van der Waals surface area contributed by atoms with Gasteiger partial charge in [-0.1, -0.05) is 12.1 Å². The van der Waals surface area contributed by atoms with Crippen molar-refractivity contribution in [1.82, 2.24) is 0 Å². The summed E-state index contributed by atoms with van der Waals surface area (Å²) in [5.41, 5.74) is -1.66. The minimum Gasteiger partial charge on any atom is -0.507 e. The number of benzene rings is 2. The number of para-hydroxylation sites is 1. The smallest absolute Gasteiger partial charge is 0.321 e. The minimum absolute atomic E-state index is 0.424. The van der Waals surface area contributed by atoms with Crippen LogP contribution in [0.1, 0.15) is 15.9 Å². The van der Waals surface area contributed by atoms with Gasteiger partial charge in [0.1, 0.15) is 22.6 Å². The first-order chi connectivity index (χ1) is 9.43. The van der Waals surface area contributed by atoms with E-state index < -0.39 is 44.8 Å². The second kappa shape index (κ2) is 4.88. The standard InChI is InChI=1S/C13H9NO6/c15-8-4-2-5-9(16)11(8)13(18)7-3-1-6-10(17)12(7)14(19)20/h1-6,15-17H. The van der Waals surface area contributed by atoms with Crippen LogP contribution >= 0.6 is 0 Å². The fourth-order valence-electron chi connectivity index (χ4n) is 1.80. The van der Waals surface area contributed by atoms with E-state index in [0.29, 0.717) is 0 Å². The maximum atomic E-state index is 12.2. The second-order valence-electron chi connectivity index (χ2n) is 3.93. The van der Waals surface area contributed by atoms with Gasteiger partial charge in [0, 0.05) is 0 Å². The van der Waals surface area contributed by atoms with Crippen molar-refractivity contribution in [3.63, 3.8) is 0 Å². The Morgan fingerprint density at radius 2 is 1.45 bits per heavy atom. The summed E-state index contributed by atoms with van der Waals surface area (Å²) < 4.78 is 0. The first-order valence-corrected chi connectivity index (χ1v) is 5.45. The summed E-state index contributed by atoms with van der Waals surface area (Å²) in [5, 5.41) is 39.6. The number of ketones is 1. The number of carbonyl (C=O) groups is 1. The molecule has 0 aliphatic heterocycles. The van der Waals surface area contributed by atoms with Crippen molar-refractivity contribution >= 4 is 11.5 Å². The van der Waals surface area contributed by atoms with Crippen molar-refractivity contribution in [3.8, 4) is 17.2 Å². The lowest BCUT2D eigenvalue weighted by Gasteiger charge is -2.07. The highest BCUT2D eigenvalue weighted by Crippen LogP contribution is 2.35. The molecule has 2 aromatic rings. The maximum Gasteiger partial charge on any atom is 0.321 e. The molecular formula is C13H9NO6. The number of phenolic OH excluding ortho intramolecular Hbond substituents is 3. The number of rotatable bonds is 3. The number of phenols is 3. The number of nitro groups is 1. The molecule has 0 aliphatic rings. The third-order valence-corrected chi connectivity index (χ3v) is 2.69. The highest BCUT2D eigenvalue weighted by molar-refractivity contribution is 6.15. The van der Waals surface area contributed by atoms with E-state index in [2.05, 4.69) is 0 Å². The molecule has 102 valence electrons. The fraction of sp³-hybridized carbons (Fsp3) is 0. The van der Waals surface area contributed by atoms with E-state index in [4.69, 9.17) is 0 Å². The van der Waals surface area contributed by atoms with E-state index in [1.54, 1.807) is 0 Å². The van der Waals surface area contributed by atoms with Crippen LogP contribution in [0.4, 0.5) is 5.69 Å². The molecule has 20 heavy (non-hydrogen) atoms. The molecule has 0 amide bonds. The second-order valence-corrected chi connectivity index (χ2v) is 3.93. The zero-order chi connectivity index (χ0) is 14.9. The molecule has 7 nitrogen and oxygen atoms in total. The van der Waals surface area contributed by atoms with Gasteiger partial charge >= 0.3 is 5.69 Å². The van der Waals surface area contributed by atoms with Gasteiger partial charge in [0.05, 0.1) is 4.92 Å². The van der Waals surface area contributed by atoms with Crippen molar-refractivity contribution in [2.75, 3.05) is 0 Å². The molecule has 2 rings (SSSR count). The molecule has 0 unspecified atom stereocenters. The Morgan fingerprint density at radius 3 is 2.00 bits per heavy atom. The Balaban J connectivity index is 2.66. The predicted molar refractivity (Wildman–Crippen MR) is 68.0 cm³/mol. The van der Waals surface area contributed by atoms with Gasteiger partial charge < -0.3 is 15.3 Å². The molecule has 3 N–H and O–H groups in total. The van der Waals surface area contributed by atoms with Crippen LogP contribution in [0.15, 0.2) is 36.4 Å².